The fourth-order valence-electron chi connectivity index (χ4n) is 1.46. The molecule has 0 spiro atoms. The molecule has 1 aliphatic heterocycles. The van der Waals surface area contributed by atoms with E-state index < -0.39 is 0 Å². The van der Waals surface area contributed by atoms with Crippen molar-refractivity contribution in [2.24, 2.45) is 0 Å². The number of likely N-dealkylation sites (N-methyl/N-ethyl adjacent to an activating group) is 1. The van der Waals surface area contributed by atoms with Gasteiger partial charge >= 0.3 is 0 Å². The number of allylic oxidation sites excluding steroid dienone is 4. The normalized spacial score (nSPS) is 22.7. The van der Waals surface area contributed by atoms with Gasteiger partial charge in [-0.3, -0.25) is 0 Å². The van der Waals surface area contributed by atoms with Gasteiger partial charge in [-0.1, -0.05) is 18.7 Å². The largest absolute Gasteiger partial charge is 0.344 e. The van der Waals surface area contributed by atoms with Crippen molar-refractivity contribution in [2.75, 3.05) is 7.05 Å². The average molecular weight is 173 g/mol. The SMILES string of the molecule is C=C=C1C(=C/C)/C(=C\C)C=CN1C. The standard InChI is InChI=1S/C12H15N/c1-5-10-8-9-13(4)12(7-3)11(10)6-2/h5-6,8-9H,3H2,1-2,4H3/b10-5-,11-6+. The zero-order valence-electron chi connectivity index (χ0n) is 8.46. The molecule has 0 aromatic carbocycles. The summed E-state index contributed by atoms with van der Waals surface area (Å²) in [5.41, 5.74) is 6.42. The van der Waals surface area contributed by atoms with Crippen molar-refractivity contribution < 1.29 is 0 Å². The molecule has 0 radical (unpaired) electrons. The van der Waals surface area contributed by atoms with E-state index in [1.807, 2.05) is 32.0 Å². The highest BCUT2D eigenvalue weighted by Gasteiger charge is 2.14. The van der Waals surface area contributed by atoms with Gasteiger partial charge in [-0.05, 0) is 25.5 Å². The Labute approximate surface area is 80.1 Å². The summed E-state index contributed by atoms with van der Waals surface area (Å²) in [7, 11) is 2.00. The van der Waals surface area contributed by atoms with E-state index in [9.17, 15) is 0 Å². The van der Waals surface area contributed by atoms with Gasteiger partial charge in [0.2, 0.25) is 0 Å². The molecule has 0 atom stereocenters. The molecule has 1 heterocycles. The summed E-state index contributed by atoms with van der Waals surface area (Å²) in [6.45, 7) is 7.76. The summed E-state index contributed by atoms with van der Waals surface area (Å²) in [6.07, 6.45) is 8.30. The van der Waals surface area contributed by atoms with Crippen molar-refractivity contribution in [3.63, 3.8) is 0 Å². The molecule has 1 aliphatic rings. The summed E-state index contributed by atoms with van der Waals surface area (Å²) < 4.78 is 0. The fraction of sp³-hybridized carbons (Fsp3) is 0.250. The molecular weight excluding hydrogens is 158 g/mol. The van der Waals surface area contributed by atoms with Crippen LogP contribution < -0.4 is 0 Å². The number of hydrogen-bond acceptors (Lipinski definition) is 1. The maximum atomic E-state index is 3.70. The first kappa shape index (κ1) is 9.63. The summed E-state index contributed by atoms with van der Waals surface area (Å²) in [5, 5.41) is 0. The summed E-state index contributed by atoms with van der Waals surface area (Å²) in [4.78, 5) is 2.02. The van der Waals surface area contributed by atoms with Gasteiger partial charge < -0.3 is 4.90 Å². The molecule has 0 unspecified atom stereocenters. The Kier molecular flexibility index (Phi) is 2.94. The van der Waals surface area contributed by atoms with E-state index >= 15 is 0 Å². The molecule has 0 saturated heterocycles. The van der Waals surface area contributed by atoms with Crippen LogP contribution in [0.25, 0.3) is 0 Å². The fourth-order valence-corrected chi connectivity index (χ4v) is 1.46. The molecule has 0 saturated carbocycles. The zero-order valence-corrected chi connectivity index (χ0v) is 8.46. The van der Waals surface area contributed by atoms with Crippen molar-refractivity contribution in [1.82, 2.24) is 4.90 Å². The third-order valence-corrected chi connectivity index (χ3v) is 2.16. The van der Waals surface area contributed by atoms with Crippen molar-refractivity contribution >= 4 is 0 Å². The number of rotatable bonds is 0. The lowest BCUT2D eigenvalue weighted by Gasteiger charge is -2.24. The van der Waals surface area contributed by atoms with Crippen LogP contribution >= 0.6 is 0 Å². The van der Waals surface area contributed by atoms with Gasteiger partial charge in [0.05, 0.1) is 5.70 Å². The van der Waals surface area contributed by atoms with Gasteiger partial charge in [0.25, 0.3) is 0 Å². The predicted octanol–water partition coefficient (Wildman–Crippen LogP) is 3.01. The van der Waals surface area contributed by atoms with E-state index in [0.717, 1.165) is 5.70 Å². The Morgan fingerprint density at radius 1 is 1.38 bits per heavy atom. The van der Waals surface area contributed by atoms with Crippen LogP contribution in [0.4, 0.5) is 0 Å². The van der Waals surface area contributed by atoms with Gasteiger partial charge in [0, 0.05) is 18.8 Å². The van der Waals surface area contributed by atoms with Gasteiger partial charge in [-0.15, -0.1) is 5.73 Å². The summed E-state index contributed by atoms with van der Waals surface area (Å²) in [5.74, 6) is 0. The molecule has 1 rings (SSSR count). The van der Waals surface area contributed by atoms with Gasteiger partial charge in [-0.25, -0.2) is 0 Å². The average Bonchev–Trinajstić information content (AvgIpc) is 2.17. The molecule has 0 aliphatic carbocycles. The molecule has 68 valence electrons. The van der Waals surface area contributed by atoms with E-state index in [2.05, 4.69) is 30.5 Å². The molecule has 1 heteroatoms. The minimum Gasteiger partial charge on any atom is -0.344 e. The second-order valence-electron chi connectivity index (χ2n) is 2.90. The van der Waals surface area contributed by atoms with Crippen molar-refractivity contribution in [2.45, 2.75) is 13.8 Å². The topological polar surface area (TPSA) is 3.24 Å². The molecule has 13 heavy (non-hydrogen) atoms. The summed E-state index contributed by atoms with van der Waals surface area (Å²) >= 11 is 0. The maximum Gasteiger partial charge on any atom is 0.0907 e. The first-order valence-corrected chi connectivity index (χ1v) is 4.39. The van der Waals surface area contributed by atoms with Gasteiger partial charge in [0.15, 0.2) is 0 Å². The lowest BCUT2D eigenvalue weighted by Crippen LogP contribution is -2.16. The Balaban J connectivity index is 3.28. The Morgan fingerprint density at radius 2 is 2.08 bits per heavy atom. The molecule has 0 bridgehead atoms. The van der Waals surface area contributed by atoms with E-state index in [1.165, 1.54) is 11.1 Å². The van der Waals surface area contributed by atoms with Crippen LogP contribution in [0.1, 0.15) is 13.8 Å². The highest BCUT2D eigenvalue weighted by atomic mass is 15.1. The van der Waals surface area contributed by atoms with Crippen molar-refractivity contribution in [3.05, 3.63) is 53.6 Å². The quantitative estimate of drug-likeness (QED) is 0.509. The molecule has 0 amide bonds. The molecule has 0 aromatic heterocycles. The van der Waals surface area contributed by atoms with E-state index in [-0.39, 0.29) is 0 Å². The maximum absolute atomic E-state index is 3.70. The predicted molar refractivity (Wildman–Crippen MR) is 57.1 cm³/mol. The lowest BCUT2D eigenvalue weighted by molar-refractivity contribution is 0.573. The van der Waals surface area contributed by atoms with Crippen molar-refractivity contribution in [3.8, 4) is 0 Å². The number of hydrogen-bond donors (Lipinski definition) is 0. The van der Waals surface area contributed by atoms with Crippen LogP contribution in [0.15, 0.2) is 53.6 Å². The van der Waals surface area contributed by atoms with Crippen molar-refractivity contribution in [1.29, 1.82) is 0 Å². The molecule has 0 N–H and O–H groups in total. The lowest BCUT2D eigenvalue weighted by atomic mass is 9.99. The van der Waals surface area contributed by atoms with Crippen LogP contribution in [-0.4, -0.2) is 11.9 Å². The van der Waals surface area contributed by atoms with Crippen LogP contribution in [-0.2, 0) is 0 Å². The number of nitrogens with zero attached hydrogens (tertiary/aromatic N) is 1. The molecule has 1 nitrogen and oxygen atoms in total. The van der Waals surface area contributed by atoms with Gasteiger partial charge in [0.1, 0.15) is 0 Å². The molecule has 0 fully saturated rings. The molecule has 0 aromatic rings. The minimum absolute atomic E-state index is 1.04. The first-order chi connectivity index (χ1) is 6.24. The monoisotopic (exact) mass is 173 g/mol. The Hall–Kier alpha value is -1.46. The Bertz CT molecular complexity index is 336. The first-order valence-electron chi connectivity index (χ1n) is 4.39. The van der Waals surface area contributed by atoms with Crippen LogP contribution in [0, 0.1) is 0 Å². The molecular formula is C12H15N. The van der Waals surface area contributed by atoms with E-state index in [0.29, 0.717) is 0 Å². The smallest absolute Gasteiger partial charge is 0.0907 e. The van der Waals surface area contributed by atoms with Gasteiger partial charge in [-0.2, -0.15) is 0 Å². The van der Waals surface area contributed by atoms with E-state index in [1.54, 1.807) is 0 Å². The second-order valence-corrected chi connectivity index (χ2v) is 2.90. The third kappa shape index (κ3) is 1.66. The highest BCUT2D eigenvalue weighted by molar-refractivity contribution is 5.53. The highest BCUT2D eigenvalue weighted by Crippen LogP contribution is 2.26. The third-order valence-electron chi connectivity index (χ3n) is 2.16. The Morgan fingerprint density at radius 3 is 2.54 bits per heavy atom. The van der Waals surface area contributed by atoms with Crippen LogP contribution in [0.3, 0.4) is 0 Å². The zero-order chi connectivity index (χ0) is 9.84. The van der Waals surface area contributed by atoms with Crippen LogP contribution in [0.2, 0.25) is 0 Å². The van der Waals surface area contributed by atoms with Crippen LogP contribution in [0.5, 0.6) is 0 Å². The second kappa shape index (κ2) is 3.97. The summed E-state index contributed by atoms with van der Waals surface area (Å²) in [6, 6.07) is 0. The minimum atomic E-state index is 1.04. The van der Waals surface area contributed by atoms with E-state index in [4.69, 9.17) is 0 Å².